The number of rotatable bonds is 7. The lowest BCUT2D eigenvalue weighted by Gasteiger charge is -2.26. The molecular weight excluding hydrogens is 456 g/mol. The average Bonchev–Trinajstić information content (AvgIpc) is 3.01. The van der Waals surface area contributed by atoms with Gasteiger partial charge >= 0.3 is 0 Å². The highest BCUT2D eigenvalue weighted by Crippen LogP contribution is 2.44. The number of pyridine rings is 1. The van der Waals surface area contributed by atoms with Crippen LogP contribution < -0.4 is 4.74 Å². The molecule has 1 atom stereocenters. The van der Waals surface area contributed by atoms with Gasteiger partial charge in [-0.05, 0) is 52.2 Å². The Labute approximate surface area is 181 Å². The van der Waals surface area contributed by atoms with Crippen molar-refractivity contribution in [2.45, 2.75) is 12.5 Å². The summed E-state index contributed by atoms with van der Waals surface area (Å²) >= 11 is 3.28. The smallest absolute Gasteiger partial charge is 0.295 e. The van der Waals surface area contributed by atoms with Crippen LogP contribution in [0, 0.1) is 0 Å². The van der Waals surface area contributed by atoms with Gasteiger partial charge in [0.25, 0.3) is 11.7 Å². The number of aromatic nitrogens is 1. The second-order valence-corrected chi connectivity index (χ2v) is 7.48. The van der Waals surface area contributed by atoms with E-state index in [9.17, 15) is 19.8 Å². The molecule has 1 saturated heterocycles. The fraction of sp³-hybridized carbons (Fsp3) is 0.286. The van der Waals surface area contributed by atoms with Gasteiger partial charge in [0.05, 0.1) is 23.2 Å². The van der Waals surface area contributed by atoms with Crippen LogP contribution in [0.3, 0.4) is 0 Å². The fourth-order valence-corrected chi connectivity index (χ4v) is 3.87. The molecule has 9 heteroatoms. The standard InChI is InChI=1S/C21H21BrN2O6/c1-29-9-3-8-24-17(13-10-14(22)19(26)15(11-13)30-2)16(20(27)21(24)28)18(25)12-4-6-23-7-5-12/h4-7,10-11,17,25-26H,3,8-9H2,1-2H3. The molecule has 1 aromatic carbocycles. The minimum Gasteiger partial charge on any atom is -0.507 e. The van der Waals surface area contributed by atoms with Crippen molar-refractivity contribution in [3.05, 3.63) is 57.8 Å². The maximum Gasteiger partial charge on any atom is 0.295 e. The van der Waals surface area contributed by atoms with E-state index in [-0.39, 0.29) is 29.4 Å². The summed E-state index contributed by atoms with van der Waals surface area (Å²) in [6.45, 7) is 0.652. The second-order valence-electron chi connectivity index (χ2n) is 6.63. The minimum atomic E-state index is -0.860. The molecule has 1 aliphatic rings. The molecule has 2 aromatic rings. The highest BCUT2D eigenvalue weighted by atomic mass is 79.9. The van der Waals surface area contributed by atoms with Crippen LogP contribution in [0.15, 0.2) is 46.7 Å². The molecule has 1 unspecified atom stereocenters. The zero-order valence-corrected chi connectivity index (χ0v) is 18.0. The van der Waals surface area contributed by atoms with Gasteiger partial charge in [0.15, 0.2) is 11.5 Å². The number of carbonyl (C=O) groups excluding carboxylic acids is 2. The molecule has 2 heterocycles. The molecule has 1 aromatic heterocycles. The zero-order valence-electron chi connectivity index (χ0n) is 16.5. The van der Waals surface area contributed by atoms with Gasteiger partial charge in [-0.2, -0.15) is 0 Å². The molecular formula is C21H21BrN2O6. The van der Waals surface area contributed by atoms with E-state index in [0.29, 0.717) is 28.6 Å². The van der Waals surface area contributed by atoms with E-state index in [0.717, 1.165) is 0 Å². The van der Waals surface area contributed by atoms with Crippen molar-refractivity contribution in [1.29, 1.82) is 0 Å². The highest BCUT2D eigenvalue weighted by Gasteiger charge is 2.46. The number of phenols is 1. The predicted octanol–water partition coefficient (Wildman–Crippen LogP) is 3.02. The highest BCUT2D eigenvalue weighted by molar-refractivity contribution is 9.10. The first-order valence-electron chi connectivity index (χ1n) is 9.14. The summed E-state index contributed by atoms with van der Waals surface area (Å²) in [6.07, 6.45) is 3.48. The van der Waals surface area contributed by atoms with Crippen molar-refractivity contribution < 1.29 is 29.3 Å². The van der Waals surface area contributed by atoms with Crippen molar-refractivity contribution in [2.75, 3.05) is 27.4 Å². The van der Waals surface area contributed by atoms with Crippen LogP contribution in [-0.4, -0.2) is 59.2 Å². The van der Waals surface area contributed by atoms with E-state index in [1.54, 1.807) is 31.4 Å². The Hall–Kier alpha value is -2.91. The van der Waals surface area contributed by atoms with E-state index >= 15 is 0 Å². The normalized spacial score (nSPS) is 18.1. The maximum absolute atomic E-state index is 12.9. The van der Waals surface area contributed by atoms with Gasteiger partial charge in [-0.3, -0.25) is 14.6 Å². The average molecular weight is 477 g/mol. The number of aromatic hydroxyl groups is 1. The SMILES string of the molecule is COCCCN1C(=O)C(=O)C(=C(O)c2ccncc2)C1c1cc(Br)c(O)c(OC)c1. The lowest BCUT2D eigenvalue weighted by Crippen LogP contribution is -2.31. The molecule has 1 aliphatic heterocycles. The van der Waals surface area contributed by atoms with Gasteiger partial charge < -0.3 is 24.6 Å². The van der Waals surface area contributed by atoms with Crippen LogP contribution in [0.1, 0.15) is 23.6 Å². The first-order chi connectivity index (χ1) is 14.4. The number of Topliss-reactive ketones (excluding diaryl/α,β-unsaturated/α-hetero) is 1. The summed E-state index contributed by atoms with van der Waals surface area (Å²) in [7, 11) is 2.95. The number of halogens is 1. The number of hydrogen-bond acceptors (Lipinski definition) is 7. The predicted molar refractivity (Wildman–Crippen MR) is 112 cm³/mol. The number of aliphatic hydroxyl groups is 1. The molecule has 30 heavy (non-hydrogen) atoms. The number of ether oxygens (including phenoxy) is 2. The summed E-state index contributed by atoms with van der Waals surface area (Å²) in [5.74, 6) is -1.72. The van der Waals surface area contributed by atoms with E-state index in [1.165, 1.54) is 24.4 Å². The van der Waals surface area contributed by atoms with Crippen molar-refractivity contribution >= 4 is 33.4 Å². The van der Waals surface area contributed by atoms with Crippen molar-refractivity contribution in [2.24, 2.45) is 0 Å². The Morgan fingerprint density at radius 3 is 2.57 bits per heavy atom. The van der Waals surface area contributed by atoms with E-state index in [1.807, 2.05) is 0 Å². The van der Waals surface area contributed by atoms with Crippen LogP contribution >= 0.6 is 15.9 Å². The fourth-order valence-electron chi connectivity index (χ4n) is 3.41. The maximum atomic E-state index is 12.9. The molecule has 0 saturated carbocycles. The van der Waals surface area contributed by atoms with Crippen LogP contribution in [0.5, 0.6) is 11.5 Å². The summed E-state index contributed by atoms with van der Waals surface area (Å²) in [5, 5.41) is 21.1. The number of carbonyl (C=O) groups is 2. The zero-order chi connectivity index (χ0) is 21.8. The number of amides is 1. The molecule has 3 rings (SSSR count). The number of ketones is 1. The van der Waals surface area contributed by atoms with Gasteiger partial charge in [-0.1, -0.05) is 0 Å². The topological polar surface area (TPSA) is 109 Å². The van der Waals surface area contributed by atoms with Gasteiger partial charge in [0.2, 0.25) is 0 Å². The van der Waals surface area contributed by atoms with E-state index in [4.69, 9.17) is 9.47 Å². The van der Waals surface area contributed by atoms with Crippen LogP contribution in [0.4, 0.5) is 0 Å². The molecule has 0 radical (unpaired) electrons. The summed E-state index contributed by atoms with van der Waals surface area (Å²) in [5.41, 5.74) is 0.835. The Balaban J connectivity index is 2.19. The molecule has 0 aliphatic carbocycles. The number of nitrogens with zero attached hydrogens (tertiary/aromatic N) is 2. The Morgan fingerprint density at radius 2 is 1.93 bits per heavy atom. The molecule has 1 fully saturated rings. The van der Waals surface area contributed by atoms with Gasteiger partial charge in [0, 0.05) is 38.2 Å². The van der Waals surface area contributed by atoms with Gasteiger partial charge in [-0.15, -0.1) is 0 Å². The van der Waals surface area contributed by atoms with Crippen molar-refractivity contribution in [3.8, 4) is 11.5 Å². The Bertz CT molecular complexity index is 992. The van der Waals surface area contributed by atoms with Crippen molar-refractivity contribution in [1.82, 2.24) is 9.88 Å². The van der Waals surface area contributed by atoms with Crippen LogP contribution in [-0.2, 0) is 14.3 Å². The number of phenolic OH excluding ortho intramolecular Hbond substituents is 1. The monoisotopic (exact) mass is 476 g/mol. The molecule has 1 amide bonds. The Kier molecular flexibility index (Phi) is 6.73. The van der Waals surface area contributed by atoms with Gasteiger partial charge in [-0.25, -0.2) is 0 Å². The third-order valence-electron chi connectivity index (χ3n) is 4.83. The lowest BCUT2D eigenvalue weighted by molar-refractivity contribution is -0.140. The molecule has 8 nitrogen and oxygen atoms in total. The molecule has 0 spiro atoms. The number of hydrogen-bond donors (Lipinski definition) is 2. The second kappa shape index (κ2) is 9.27. The minimum absolute atomic E-state index is 0.0386. The lowest BCUT2D eigenvalue weighted by atomic mass is 9.95. The third-order valence-corrected chi connectivity index (χ3v) is 5.43. The van der Waals surface area contributed by atoms with Crippen LogP contribution in [0.2, 0.25) is 0 Å². The largest absolute Gasteiger partial charge is 0.507 e. The third kappa shape index (κ3) is 4.03. The van der Waals surface area contributed by atoms with E-state index in [2.05, 4.69) is 20.9 Å². The molecule has 2 N–H and O–H groups in total. The summed E-state index contributed by atoms with van der Waals surface area (Å²) in [6, 6.07) is 5.38. The first kappa shape index (κ1) is 21.8. The Morgan fingerprint density at radius 1 is 1.23 bits per heavy atom. The van der Waals surface area contributed by atoms with E-state index < -0.39 is 17.7 Å². The summed E-state index contributed by atoms with van der Waals surface area (Å²) < 4.78 is 10.6. The molecule has 158 valence electrons. The number of benzene rings is 1. The van der Waals surface area contributed by atoms with Crippen LogP contribution in [0.25, 0.3) is 5.76 Å². The number of methoxy groups -OCH3 is 2. The van der Waals surface area contributed by atoms with Crippen molar-refractivity contribution in [3.63, 3.8) is 0 Å². The quantitative estimate of drug-likeness (QED) is 0.273. The first-order valence-corrected chi connectivity index (χ1v) is 9.94. The molecule has 0 bridgehead atoms. The summed E-state index contributed by atoms with van der Waals surface area (Å²) in [4.78, 5) is 31.0. The number of likely N-dealkylation sites (tertiary alicyclic amines) is 1. The number of aliphatic hydroxyl groups excluding tert-OH is 1. The van der Waals surface area contributed by atoms with Gasteiger partial charge in [0.1, 0.15) is 5.76 Å².